The van der Waals surface area contributed by atoms with Crippen LogP contribution in [0.2, 0.25) is 5.02 Å². The average molecular weight is 439 g/mol. The smallest absolute Gasteiger partial charge is 0.119 e. The van der Waals surface area contributed by atoms with Crippen LogP contribution in [0.3, 0.4) is 0 Å². The fourth-order valence-corrected chi connectivity index (χ4v) is 4.16. The molecule has 7 heteroatoms. The number of methoxy groups -OCH3 is 1. The van der Waals surface area contributed by atoms with E-state index in [0.717, 1.165) is 39.0 Å². The van der Waals surface area contributed by atoms with E-state index in [1.54, 1.807) is 18.4 Å². The molecule has 30 heavy (non-hydrogen) atoms. The van der Waals surface area contributed by atoms with Crippen molar-refractivity contribution in [1.29, 1.82) is 0 Å². The summed E-state index contributed by atoms with van der Waals surface area (Å²) in [4.78, 5) is 4.59. The molecule has 0 aliphatic carbocycles. The normalized spacial score (nSPS) is 12.1. The van der Waals surface area contributed by atoms with Crippen LogP contribution in [0.25, 0.3) is 16.9 Å². The van der Waals surface area contributed by atoms with Crippen molar-refractivity contribution in [1.82, 2.24) is 20.1 Å². The molecular weight excluding hydrogens is 416 g/mol. The van der Waals surface area contributed by atoms with E-state index in [0.29, 0.717) is 11.6 Å². The third kappa shape index (κ3) is 4.41. The second-order valence-electron chi connectivity index (χ2n) is 7.02. The van der Waals surface area contributed by atoms with Gasteiger partial charge in [-0.1, -0.05) is 29.8 Å². The molecule has 0 unspecified atom stereocenters. The van der Waals surface area contributed by atoms with Crippen molar-refractivity contribution in [2.45, 2.75) is 26.4 Å². The molecule has 0 spiro atoms. The van der Waals surface area contributed by atoms with Gasteiger partial charge in [-0.05, 0) is 44.2 Å². The van der Waals surface area contributed by atoms with Crippen molar-refractivity contribution in [3.63, 3.8) is 0 Å². The van der Waals surface area contributed by atoms with Crippen LogP contribution in [0.15, 0.2) is 60.1 Å². The molecule has 0 amide bonds. The van der Waals surface area contributed by atoms with E-state index in [1.807, 2.05) is 66.3 Å². The highest BCUT2D eigenvalue weighted by Gasteiger charge is 2.16. The lowest BCUT2D eigenvalue weighted by Crippen LogP contribution is -2.18. The third-order valence-electron chi connectivity index (χ3n) is 4.94. The first-order chi connectivity index (χ1) is 14.5. The number of nitrogens with one attached hydrogen (secondary N) is 1. The van der Waals surface area contributed by atoms with Gasteiger partial charge in [0, 0.05) is 35.3 Å². The van der Waals surface area contributed by atoms with Crippen LogP contribution < -0.4 is 10.1 Å². The van der Waals surface area contributed by atoms with E-state index in [1.165, 1.54) is 0 Å². The quantitative estimate of drug-likeness (QED) is 0.395. The van der Waals surface area contributed by atoms with Gasteiger partial charge in [-0.25, -0.2) is 9.67 Å². The molecule has 4 rings (SSSR count). The van der Waals surface area contributed by atoms with Gasteiger partial charge < -0.3 is 10.1 Å². The molecule has 5 nitrogen and oxygen atoms in total. The average Bonchev–Trinajstić information content (AvgIpc) is 3.39. The Labute approximate surface area is 185 Å². The largest absolute Gasteiger partial charge is 0.497 e. The molecule has 2 aromatic carbocycles. The van der Waals surface area contributed by atoms with Crippen LogP contribution in [0.5, 0.6) is 5.75 Å². The number of hydrogen-bond donors (Lipinski definition) is 1. The minimum Gasteiger partial charge on any atom is -0.497 e. The lowest BCUT2D eigenvalue weighted by molar-refractivity contribution is 0.414. The molecular formula is C23H23ClN4OS. The van der Waals surface area contributed by atoms with E-state index in [4.69, 9.17) is 21.4 Å². The molecule has 0 saturated heterocycles. The van der Waals surface area contributed by atoms with E-state index in [2.05, 4.69) is 22.6 Å². The van der Waals surface area contributed by atoms with Gasteiger partial charge in [-0.3, -0.25) is 0 Å². The summed E-state index contributed by atoms with van der Waals surface area (Å²) in [7, 11) is 1.66. The van der Waals surface area contributed by atoms with Gasteiger partial charge in [0.15, 0.2) is 0 Å². The Balaban J connectivity index is 1.66. The number of thiazole rings is 1. The van der Waals surface area contributed by atoms with Gasteiger partial charge in [0.05, 0.1) is 34.2 Å². The number of benzene rings is 2. The summed E-state index contributed by atoms with van der Waals surface area (Å²) in [5.74, 6) is 0.812. The minimum absolute atomic E-state index is 0.137. The summed E-state index contributed by atoms with van der Waals surface area (Å²) in [6.07, 6.45) is 2.05. The number of aromatic nitrogens is 3. The van der Waals surface area contributed by atoms with E-state index in [-0.39, 0.29) is 6.04 Å². The minimum atomic E-state index is 0.137. The van der Waals surface area contributed by atoms with Crippen molar-refractivity contribution in [2.24, 2.45) is 0 Å². The molecule has 2 aromatic heterocycles. The molecule has 1 atom stereocenters. The number of rotatable bonds is 7. The van der Waals surface area contributed by atoms with Gasteiger partial charge in [0.1, 0.15) is 5.75 Å². The Morgan fingerprint density at radius 3 is 2.60 bits per heavy atom. The summed E-state index contributed by atoms with van der Waals surface area (Å²) in [6.45, 7) is 4.79. The third-order valence-corrected chi connectivity index (χ3v) is 6.06. The van der Waals surface area contributed by atoms with Crippen LogP contribution in [-0.4, -0.2) is 21.9 Å². The topological polar surface area (TPSA) is 52.0 Å². The number of aryl methyl sites for hydroxylation is 1. The van der Waals surface area contributed by atoms with Gasteiger partial charge >= 0.3 is 0 Å². The van der Waals surface area contributed by atoms with Crippen molar-refractivity contribution in [3.05, 3.63) is 81.4 Å². The van der Waals surface area contributed by atoms with Gasteiger partial charge in [0.25, 0.3) is 0 Å². The zero-order valence-electron chi connectivity index (χ0n) is 17.1. The highest BCUT2D eigenvalue weighted by atomic mass is 35.5. The predicted octanol–water partition coefficient (Wildman–Crippen LogP) is 5.82. The van der Waals surface area contributed by atoms with Crippen molar-refractivity contribution in [3.8, 4) is 22.7 Å². The number of ether oxygens (including phenoxy) is 1. The summed E-state index contributed by atoms with van der Waals surface area (Å²) < 4.78 is 7.15. The van der Waals surface area contributed by atoms with E-state index < -0.39 is 0 Å². The van der Waals surface area contributed by atoms with Crippen LogP contribution >= 0.6 is 22.9 Å². The summed E-state index contributed by atoms with van der Waals surface area (Å²) in [5, 5.41) is 12.3. The Morgan fingerprint density at radius 2 is 1.93 bits per heavy atom. The Kier molecular flexibility index (Phi) is 6.18. The molecule has 154 valence electrons. The van der Waals surface area contributed by atoms with Gasteiger partial charge in [-0.15, -0.1) is 11.3 Å². The molecule has 0 saturated carbocycles. The maximum absolute atomic E-state index is 6.49. The summed E-state index contributed by atoms with van der Waals surface area (Å²) in [5.41, 5.74) is 4.86. The van der Waals surface area contributed by atoms with Gasteiger partial charge in [-0.2, -0.15) is 5.10 Å². The second kappa shape index (κ2) is 9.00. The zero-order chi connectivity index (χ0) is 21.1. The van der Waals surface area contributed by atoms with E-state index >= 15 is 0 Å². The molecule has 4 aromatic rings. The van der Waals surface area contributed by atoms with Crippen LogP contribution in [-0.2, 0) is 6.54 Å². The van der Waals surface area contributed by atoms with Crippen LogP contribution in [0, 0.1) is 6.92 Å². The standard InChI is InChI=1S/C23H23ClN4OS/c1-15(22-14-30-16(2)26-22)25-12-17-13-28(18-8-10-19(29-3)11-9-18)27-23(17)20-6-4-5-7-21(20)24/h4-11,13-15,25H,12H2,1-3H3/t15-/m0/s1. The fourth-order valence-electron chi connectivity index (χ4n) is 3.23. The molecule has 0 aliphatic heterocycles. The number of nitrogens with zero attached hydrogens (tertiary/aromatic N) is 3. The van der Waals surface area contributed by atoms with Crippen molar-refractivity contribution < 1.29 is 4.74 Å². The Hall–Kier alpha value is -2.67. The molecule has 1 N–H and O–H groups in total. The molecule has 2 heterocycles. The zero-order valence-corrected chi connectivity index (χ0v) is 18.7. The maximum Gasteiger partial charge on any atom is 0.119 e. The van der Waals surface area contributed by atoms with Crippen molar-refractivity contribution in [2.75, 3.05) is 7.11 Å². The first-order valence-corrected chi connectivity index (χ1v) is 10.9. The molecule has 0 aliphatic rings. The molecule has 0 fully saturated rings. The molecule has 0 radical (unpaired) electrons. The number of hydrogen-bond acceptors (Lipinski definition) is 5. The first kappa shape index (κ1) is 20.6. The highest BCUT2D eigenvalue weighted by molar-refractivity contribution is 7.09. The van der Waals surface area contributed by atoms with Crippen LogP contribution in [0.4, 0.5) is 0 Å². The maximum atomic E-state index is 6.49. The molecule has 0 bridgehead atoms. The van der Waals surface area contributed by atoms with Gasteiger partial charge in [0.2, 0.25) is 0 Å². The lowest BCUT2D eigenvalue weighted by Gasteiger charge is -2.11. The second-order valence-corrected chi connectivity index (χ2v) is 8.49. The monoisotopic (exact) mass is 438 g/mol. The first-order valence-electron chi connectivity index (χ1n) is 9.68. The lowest BCUT2D eigenvalue weighted by atomic mass is 10.1. The highest BCUT2D eigenvalue weighted by Crippen LogP contribution is 2.30. The summed E-state index contributed by atoms with van der Waals surface area (Å²) in [6, 6.07) is 15.8. The SMILES string of the molecule is COc1ccc(-n2cc(CN[C@@H](C)c3csc(C)n3)c(-c3ccccc3Cl)n2)cc1. The Bertz CT molecular complexity index is 1140. The van der Waals surface area contributed by atoms with Crippen LogP contribution in [0.1, 0.15) is 29.2 Å². The number of halogens is 1. The predicted molar refractivity (Wildman–Crippen MR) is 123 cm³/mol. The summed E-state index contributed by atoms with van der Waals surface area (Å²) >= 11 is 8.16. The Morgan fingerprint density at radius 1 is 1.17 bits per heavy atom. The van der Waals surface area contributed by atoms with E-state index in [9.17, 15) is 0 Å². The van der Waals surface area contributed by atoms with Crippen molar-refractivity contribution >= 4 is 22.9 Å². The fraction of sp³-hybridized carbons (Fsp3) is 0.217.